The molecule has 0 aromatic heterocycles. The summed E-state index contributed by atoms with van der Waals surface area (Å²) >= 11 is 0. The van der Waals surface area contributed by atoms with Crippen molar-refractivity contribution in [3.8, 4) is 5.75 Å². The first-order valence-corrected chi connectivity index (χ1v) is 7.49. The number of nitrogens with one attached hydrogen (secondary N) is 1. The van der Waals surface area contributed by atoms with Crippen molar-refractivity contribution in [3.63, 3.8) is 0 Å². The zero-order valence-corrected chi connectivity index (χ0v) is 12.8. The van der Waals surface area contributed by atoms with Crippen LogP contribution in [0.1, 0.15) is 29.3 Å². The van der Waals surface area contributed by atoms with Gasteiger partial charge < -0.3 is 15.8 Å². The second kappa shape index (κ2) is 8.20. The van der Waals surface area contributed by atoms with Crippen molar-refractivity contribution in [1.82, 2.24) is 5.32 Å². The Labute approximate surface area is 131 Å². The Hall–Kier alpha value is -2.33. The number of ether oxygens (including phenoxy) is 1. The summed E-state index contributed by atoms with van der Waals surface area (Å²) in [6.45, 7) is 3.00. The predicted octanol–water partition coefficient (Wildman–Crippen LogP) is 2.73. The molecule has 116 valence electrons. The van der Waals surface area contributed by atoms with Gasteiger partial charge in [0.05, 0.1) is 0 Å². The minimum Gasteiger partial charge on any atom is -0.489 e. The van der Waals surface area contributed by atoms with E-state index in [-0.39, 0.29) is 11.9 Å². The number of rotatable bonds is 7. The number of benzene rings is 2. The van der Waals surface area contributed by atoms with E-state index in [1.807, 2.05) is 37.3 Å². The zero-order chi connectivity index (χ0) is 15.8. The molecule has 0 aliphatic rings. The molecule has 0 aliphatic carbocycles. The quantitative estimate of drug-likeness (QED) is 0.826. The third-order valence-electron chi connectivity index (χ3n) is 3.41. The van der Waals surface area contributed by atoms with E-state index in [2.05, 4.69) is 5.32 Å². The van der Waals surface area contributed by atoms with Gasteiger partial charge in [0, 0.05) is 18.2 Å². The summed E-state index contributed by atoms with van der Waals surface area (Å²) < 4.78 is 5.69. The van der Waals surface area contributed by atoms with Gasteiger partial charge in [-0.1, -0.05) is 37.3 Å². The third kappa shape index (κ3) is 4.90. The second-order valence-corrected chi connectivity index (χ2v) is 5.18. The fraction of sp³-hybridized carbons (Fsp3) is 0.278. The topological polar surface area (TPSA) is 64.3 Å². The molecule has 2 rings (SSSR count). The molecule has 3 N–H and O–H groups in total. The van der Waals surface area contributed by atoms with Gasteiger partial charge in [0.15, 0.2) is 0 Å². The van der Waals surface area contributed by atoms with Crippen LogP contribution < -0.4 is 15.8 Å². The molecule has 4 heteroatoms. The molecule has 0 spiro atoms. The molecule has 0 radical (unpaired) electrons. The normalized spacial score (nSPS) is 11.7. The Morgan fingerprint density at radius 2 is 1.82 bits per heavy atom. The summed E-state index contributed by atoms with van der Waals surface area (Å²) in [6, 6.07) is 17.1. The van der Waals surface area contributed by atoms with E-state index in [1.165, 1.54) is 0 Å². The van der Waals surface area contributed by atoms with E-state index < -0.39 is 0 Å². The molecule has 0 aliphatic heterocycles. The number of carbonyl (C=O) groups is 1. The Balaban J connectivity index is 1.86. The van der Waals surface area contributed by atoms with Crippen molar-refractivity contribution in [2.45, 2.75) is 26.0 Å². The highest BCUT2D eigenvalue weighted by molar-refractivity contribution is 5.94. The fourth-order valence-electron chi connectivity index (χ4n) is 1.91. The first kappa shape index (κ1) is 16.0. The van der Waals surface area contributed by atoms with Crippen molar-refractivity contribution >= 4 is 5.91 Å². The van der Waals surface area contributed by atoms with Crippen LogP contribution in [0.25, 0.3) is 0 Å². The second-order valence-electron chi connectivity index (χ2n) is 5.18. The van der Waals surface area contributed by atoms with Gasteiger partial charge in [-0.15, -0.1) is 0 Å². The lowest BCUT2D eigenvalue weighted by Gasteiger charge is -2.11. The molecular weight excluding hydrogens is 276 g/mol. The summed E-state index contributed by atoms with van der Waals surface area (Å²) in [5.41, 5.74) is 7.50. The van der Waals surface area contributed by atoms with Crippen molar-refractivity contribution in [2.75, 3.05) is 6.54 Å². The van der Waals surface area contributed by atoms with Gasteiger partial charge in [-0.2, -0.15) is 0 Å². The number of amides is 1. The van der Waals surface area contributed by atoms with Crippen molar-refractivity contribution in [2.24, 2.45) is 5.73 Å². The molecule has 1 amide bonds. The van der Waals surface area contributed by atoms with E-state index in [1.54, 1.807) is 24.3 Å². The number of hydrogen-bond donors (Lipinski definition) is 2. The monoisotopic (exact) mass is 298 g/mol. The molecule has 22 heavy (non-hydrogen) atoms. The van der Waals surface area contributed by atoms with Gasteiger partial charge in [0.1, 0.15) is 12.4 Å². The van der Waals surface area contributed by atoms with Crippen LogP contribution in [0.5, 0.6) is 5.75 Å². The molecule has 0 bridgehead atoms. The summed E-state index contributed by atoms with van der Waals surface area (Å²) in [4.78, 5) is 11.9. The van der Waals surface area contributed by atoms with Gasteiger partial charge in [0.2, 0.25) is 0 Å². The summed E-state index contributed by atoms with van der Waals surface area (Å²) in [5, 5.41) is 2.82. The minimum absolute atomic E-state index is 0.00238. The van der Waals surface area contributed by atoms with Crippen LogP contribution >= 0.6 is 0 Å². The van der Waals surface area contributed by atoms with Gasteiger partial charge >= 0.3 is 0 Å². The predicted molar refractivity (Wildman–Crippen MR) is 87.8 cm³/mol. The van der Waals surface area contributed by atoms with Crippen molar-refractivity contribution < 1.29 is 9.53 Å². The SMILES string of the molecule is CCC(N)CNC(=O)c1ccc(OCc2ccccc2)cc1. The maximum absolute atomic E-state index is 11.9. The Morgan fingerprint density at radius 3 is 2.45 bits per heavy atom. The highest BCUT2D eigenvalue weighted by Gasteiger charge is 2.07. The molecule has 0 heterocycles. The van der Waals surface area contributed by atoms with Crippen molar-refractivity contribution in [1.29, 1.82) is 0 Å². The van der Waals surface area contributed by atoms with Crippen LogP contribution in [0.2, 0.25) is 0 Å². The first-order valence-electron chi connectivity index (χ1n) is 7.49. The third-order valence-corrected chi connectivity index (χ3v) is 3.41. The van der Waals surface area contributed by atoms with E-state index >= 15 is 0 Å². The Morgan fingerprint density at radius 1 is 1.14 bits per heavy atom. The van der Waals surface area contributed by atoms with Gasteiger partial charge in [-0.25, -0.2) is 0 Å². The molecule has 0 saturated carbocycles. The maximum atomic E-state index is 11.9. The van der Waals surface area contributed by atoms with Gasteiger partial charge in [0.25, 0.3) is 5.91 Å². The lowest BCUT2D eigenvalue weighted by molar-refractivity contribution is 0.0951. The van der Waals surface area contributed by atoms with Crippen LogP contribution in [-0.4, -0.2) is 18.5 Å². The Bertz CT molecular complexity index is 582. The minimum atomic E-state index is -0.112. The first-order chi connectivity index (χ1) is 10.7. The van der Waals surface area contributed by atoms with Crippen LogP contribution in [0.3, 0.4) is 0 Å². The summed E-state index contributed by atoms with van der Waals surface area (Å²) in [6.07, 6.45) is 0.840. The van der Waals surface area contributed by atoms with Crippen LogP contribution in [0.15, 0.2) is 54.6 Å². The molecule has 1 atom stereocenters. The molecule has 0 saturated heterocycles. The van der Waals surface area contributed by atoms with Crippen molar-refractivity contribution in [3.05, 3.63) is 65.7 Å². The van der Waals surface area contributed by atoms with E-state index in [0.717, 1.165) is 17.7 Å². The lowest BCUT2D eigenvalue weighted by Crippen LogP contribution is -2.36. The maximum Gasteiger partial charge on any atom is 0.251 e. The van der Waals surface area contributed by atoms with Crippen LogP contribution in [-0.2, 0) is 6.61 Å². The molecule has 2 aromatic carbocycles. The Kier molecular flexibility index (Phi) is 5.98. The van der Waals surface area contributed by atoms with Crippen LogP contribution in [0, 0.1) is 0 Å². The smallest absolute Gasteiger partial charge is 0.251 e. The summed E-state index contributed by atoms with van der Waals surface area (Å²) in [7, 11) is 0. The molecule has 4 nitrogen and oxygen atoms in total. The number of nitrogens with two attached hydrogens (primary N) is 1. The van der Waals surface area contributed by atoms with E-state index in [4.69, 9.17) is 10.5 Å². The number of carbonyl (C=O) groups excluding carboxylic acids is 1. The zero-order valence-electron chi connectivity index (χ0n) is 12.8. The fourth-order valence-corrected chi connectivity index (χ4v) is 1.91. The number of hydrogen-bond acceptors (Lipinski definition) is 3. The average Bonchev–Trinajstić information content (AvgIpc) is 2.59. The molecular formula is C18H22N2O2. The van der Waals surface area contributed by atoms with Crippen LogP contribution in [0.4, 0.5) is 0 Å². The van der Waals surface area contributed by atoms with E-state index in [9.17, 15) is 4.79 Å². The molecule has 0 fully saturated rings. The molecule has 1 unspecified atom stereocenters. The van der Waals surface area contributed by atoms with E-state index in [0.29, 0.717) is 18.7 Å². The standard InChI is InChI=1S/C18H22N2O2/c1-2-16(19)12-20-18(21)15-8-10-17(11-9-15)22-13-14-6-4-3-5-7-14/h3-11,16H,2,12-13,19H2,1H3,(H,20,21). The average molecular weight is 298 g/mol. The van der Waals surface area contributed by atoms with Gasteiger partial charge in [-0.05, 0) is 36.2 Å². The summed E-state index contributed by atoms with van der Waals surface area (Å²) in [5.74, 6) is 0.629. The molecule has 2 aromatic rings. The lowest BCUT2D eigenvalue weighted by atomic mass is 10.2. The highest BCUT2D eigenvalue weighted by Crippen LogP contribution is 2.14. The largest absolute Gasteiger partial charge is 0.489 e. The highest BCUT2D eigenvalue weighted by atomic mass is 16.5. The van der Waals surface area contributed by atoms with Gasteiger partial charge in [-0.3, -0.25) is 4.79 Å².